The summed E-state index contributed by atoms with van der Waals surface area (Å²) < 4.78 is 4.98. The fraction of sp³-hybridized carbons (Fsp3) is 0.700. The van der Waals surface area contributed by atoms with Gasteiger partial charge in [-0.3, -0.25) is 10.3 Å². The number of ether oxygens (including phenoxy) is 1. The lowest BCUT2D eigenvalue weighted by Gasteiger charge is -2.33. The third kappa shape index (κ3) is 3.75. The fourth-order valence-electron chi connectivity index (χ4n) is 1.87. The van der Waals surface area contributed by atoms with Crippen molar-refractivity contribution in [1.82, 2.24) is 20.0 Å². The SMILES string of the molecule is CCOC(=O)N1CCN(Cc2nnc(NN)s2)CC1. The van der Waals surface area contributed by atoms with Gasteiger partial charge in [-0.25, -0.2) is 10.6 Å². The van der Waals surface area contributed by atoms with Crippen LogP contribution in [0, 0.1) is 0 Å². The maximum atomic E-state index is 11.5. The van der Waals surface area contributed by atoms with E-state index in [-0.39, 0.29) is 6.09 Å². The standard InChI is InChI=1S/C10H18N6O2S/c1-2-18-10(17)16-5-3-15(4-6-16)7-8-13-14-9(12-11)19-8/h2-7,11H2,1H3,(H,12,14). The summed E-state index contributed by atoms with van der Waals surface area (Å²) in [7, 11) is 0. The highest BCUT2D eigenvalue weighted by Gasteiger charge is 2.22. The first-order valence-corrected chi connectivity index (χ1v) is 6.97. The Morgan fingerprint density at radius 3 is 2.74 bits per heavy atom. The maximum absolute atomic E-state index is 11.5. The van der Waals surface area contributed by atoms with E-state index in [1.165, 1.54) is 11.3 Å². The molecule has 0 atom stereocenters. The summed E-state index contributed by atoms with van der Waals surface area (Å²) in [5.74, 6) is 5.26. The number of piperazine rings is 1. The van der Waals surface area contributed by atoms with Gasteiger partial charge in [0.25, 0.3) is 0 Å². The van der Waals surface area contributed by atoms with E-state index in [4.69, 9.17) is 10.6 Å². The zero-order valence-electron chi connectivity index (χ0n) is 10.8. The van der Waals surface area contributed by atoms with Crippen molar-refractivity contribution in [3.63, 3.8) is 0 Å². The summed E-state index contributed by atoms with van der Waals surface area (Å²) in [5.41, 5.74) is 2.48. The average Bonchev–Trinajstić information content (AvgIpc) is 2.87. The number of hydrogen-bond donors (Lipinski definition) is 2. The van der Waals surface area contributed by atoms with Gasteiger partial charge < -0.3 is 9.64 Å². The summed E-state index contributed by atoms with van der Waals surface area (Å²) in [6, 6.07) is 0. The second-order valence-electron chi connectivity index (χ2n) is 4.11. The molecule has 2 heterocycles. The highest BCUT2D eigenvalue weighted by Crippen LogP contribution is 2.16. The number of nitrogens with one attached hydrogen (secondary N) is 1. The molecule has 0 saturated carbocycles. The minimum absolute atomic E-state index is 0.229. The molecule has 0 aliphatic carbocycles. The van der Waals surface area contributed by atoms with Crippen LogP contribution >= 0.6 is 11.3 Å². The molecule has 8 nitrogen and oxygen atoms in total. The van der Waals surface area contributed by atoms with Crippen LogP contribution in [0.25, 0.3) is 0 Å². The van der Waals surface area contributed by atoms with Crippen LogP contribution in [0.4, 0.5) is 9.93 Å². The number of aromatic nitrogens is 2. The van der Waals surface area contributed by atoms with Crippen LogP contribution in [0.1, 0.15) is 11.9 Å². The predicted octanol–water partition coefficient (Wildman–Crippen LogP) is 0.0978. The van der Waals surface area contributed by atoms with Crippen LogP contribution in [0.15, 0.2) is 0 Å². The molecule has 1 aliphatic heterocycles. The summed E-state index contributed by atoms with van der Waals surface area (Å²) in [5, 5.41) is 9.46. The third-order valence-corrected chi connectivity index (χ3v) is 3.69. The van der Waals surface area contributed by atoms with E-state index in [0.717, 1.165) is 24.6 Å². The molecule has 9 heteroatoms. The molecule has 106 valence electrons. The zero-order valence-corrected chi connectivity index (χ0v) is 11.7. The van der Waals surface area contributed by atoms with Crippen LogP contribution in [-0.2, 0) is 11.3 Å². The number of anilines is 1. The van der Waals surface area contributed by atoms with Crippen LogP contribution in [0.5, 0.6) is 0 Å². The molecule has 0 radical (unpaired) electrons. The molecule has 19 heavy (non-hydrogen) atoms. The van der Waals surface area contributed by atoms with Gasteiger partial charge in [-0.15, -0.1) is 10.2 Å². The topological polar surface area (TPSA) is 96.6 Å². The molecular formula is C10H18N6O2S. The van der Waals surface area contributed by atoms with Crippen molar-refractivity contribution < 1.29 is 9.53 Å². The minimum atomic E-state index is -0.229. The molecule has 0 bridgehead atoms. The summed E-state index contributed by atoms with van der Waals surface area (Å²) >= 11 is 1.44. The number of carbonyl (C=O) groups excluding carboxylic acids is 1. The third-order valence-electron chi connectivity index (χ3n) is 2.85. The van der Waals surface area contributed by atoms with Crippen molar-refractivity contribution in [1.29, 1.82) is 0 Å². The number of nitrogen functional groups attached to an aromatic ring is 1. The van der Waals surface area contributed by atoms with Gasteiger partial charge in [0.1, 0.15) is 5.01 Å². The van der Waals surface area contributed by atoms with Crippen molar-refractivity contribution in [2.24, 2.45) is 5.84 Å². The monoisotopic (exact) mass is 286 g/mol. The van der Waals surface area contributed by atoms with Crippen molar-refractivity contribution in [3.05, 3.63) is 5.01 Å². The number of hydrazine groups is 1. The largest absolute Gasteiger partial charge is 0.450 e. The lowest BCUT2D eigenvalue weighted by molar-refractivity contribution is 0.0778. The molecule has 1 fully saturated rings. The van der Waals surface area contributed by atoms with Crippen molar-refractivity contribution in [2.75, 3.05) is 38.2 Å². The van der Waals surface area contributed by atoms with E-state index >= 15 is 0 Å². The molecule has 3 N–H and O–H groups in total. The lowest BCUT2D eigenvalue weighted by Crippen LogP contribution is -2.48. The van der Waals surface area contributed by atoms with E-state index in [1.807, 2.05) is 6.92 Å². The predicted molar refractivity (Wildman–Crippen MR) is 71.6 cm³/mol. The van der Waals surface area contributed by atoms with E-state index in [9.17, 15) is 4.79 Å². The van der Waals surface area contributed by atoms with Crippen LogP contribution < -0.4 is 11.3 Å². The number of hydrogen-bond acceptors (Lipinski definition) is 8. The number of carbonyl (C=O) groups is 1. The molecular weight excluding hydrogens is 268 g/mol. The van der Waals surface area contributed by atoms with Gasteiger partial charge >= 0.3 is 6.09 Å². The maximum Gasteiger partial charge on any atom is 0.409 e. The Labute approximate surface area is 115 Å². The summed E-state index contributed by atoms with van der Waals surface area (Å²) in [4.78, 5) is 15.5. The normalized spacial score (nSPS) is 16.4. The highest BCUT2D eigenvalue weighted by atomic mass is 32.1. The van der Waals surface area contributed by atoms with Crippen molar-refractivity contribution >= 4 is 22.6 Å². The van der Waals surface area contributed by atoms with Gasteiger partial charge in [-0.1, -0.05) is 11.3 Å². The first kappa shape index (κ1) is 14.0. The Morgan fingerprint density at radius 1 is 1.42 bits per heavy atom. The molecule has 1 aromatic heterocycles. The molecule has 0 aromatic carbocycles. The van der Waals surface area contributed by atoms with E-state index in [2.05, 4.69) is 20.5 Å². The van der Waals surface area contributed by atoms with E-state index < -0.39 is 0 Å². The molecule has 0 spiro atoms. The van der Waals surface area contributed by atoms with Gasteiger partial charge in [-0.05, 0) is 6.92 Å². The van der Waals surface area contributed by atoms with E-state index in [1.54, 1.807) is 4.90 Å². The number of rotatable bonds is 4. The molecule has 1 amide bonds. The number of nitrogens with two attached hydrogens (primary N) is 1. The molecule has 1 aliphatic rings. The quantitative estimate of drug-likeness (QED) is 0.598. The van der Waals surface area contributed by atoms with E-state index in [0.29, 0.717) is 24.8 Å². The Balaban J connectivity index is 1.78. The summed E-state index contributed by atoms with van der Waals surface area (Å²) in [6.07, 6.45) is -0.229. The first-order chi connectivity index (χ1) is 9.22. The Bertz CT molecular complexity index is 418. The molecule has 1 aromatic rings. The van der Waals surface area contributed by atoms with Gasteiger partial charge in [0.2, 0.25) is 5.13 Å². The second-order valence-corrected chi connectivity index (χ2v) is 5.17. The first-order valence-electron chi connectivity index (χ1n) is 6.16. The Kier molecular flexibility index (Phi) is 4.88. The number of amides is 1. The highest BCUT2D eigenvalue weighted by molar-refractivity contribution is 7.15. The van der Waals surface area contributed by atoms with Gasteiger partial charge in [0.05, 0.1) is 13.2 Å². The van der Waals surface area contributed by atoms with Crippen molar-refractivity contribution in [3.8, 4) is 0 Å². The molecule has 1 saturated heterocycles. The van der Waals surface area contributed by atoms with Gasteiger partial charge in [-0.2, -0.15) is 0 Å². The lowest BCUT2D eigenvalue weighted by atomic mass is 10.3. The van der Waals surface area contributed by atoms with Crippen LogP contribution in [0.2, 0.25) is 0 Å². The molecule has 2 rings (SSSR count). The number of nitrogens with zero attached hydrogens (tertiary/aromatic N) is 4. The van der Waals surface area contributed by atoms with Crippen LogP contribution in [0.3, 0.4) is 0 Å². The van der Waals surface area contributed by atoms with Gasteiger partial charge in [0, 0.05) is 26.2 Å². The van der Waals surface area contributed by atoms with Gasteiger partial charge in [0.15, 0.2) is 0 Å². The minimum Gasteiger partial charge on any atom is -0.450 e. The zero-order chi connectivity index (χ0) is 13.7. The Morgan fingerprint density at radius 2 is 2.16 bits per heavy atom. The van der Waals surface area contributed by atoms with Crippen LogP contribution in [-0.4, -0.2) is 58.9 Å². The molecule has 0 unspecified atom stereocenters. The Hall–Kier alpha value is -1.45. The second kappa shape index (κ2) is 6.64. The summed E-state index contributed by atoms with van der Waals surface area (Å²) in [6.45, 7) is 5.94. The fourth-order valence-corrected chi connectivity index (χ4v) is 2.56. The average molecular weight is 286 g/mol. The van der Waals surface area contributed by atoms with Crippen molar-refractivity contribution in [2.45, 2.75) is 13.5 Å². The smallest absolute Gasteiger partial charge is 0.409 e.